The molecular formula is C14H19N. The van der Waals surface area contributed by atoms with Gasteiger partial charge in [-0.1, -0.05) is 37.1 Å². The molecule has 0 atom stereocenters. The average molecular weight is 201 g/mol. The van der Waals surface area contributed by atoms with Crippen molar-refractivity contribution in [2.24, 2.45) is 0 Å². The van der Waals surface area contributed by atoms with E-state index in [0.717, 1.165) is 6.42 Å². The van der Waals surface area contributed by atoms with E-state index in [2.05, 4.69) is 43.4 Å². The molecule has 1 aliphatic carbocycles. The maximum absolute atomic E-state index is 3.54. The number of allylic oxidation sites excluding steroid dienone is 2. The van der Waals surface area contributed by atoms with E-state index in [4.69, 9.17) is 0 Å². The van der Waals surface area contributed by atoms with Crippen LogP contribution in [0.1, 0.15) is 38.7 Å². The number of nitrogens with one attached hydrogen (secondary N) is 1. The molecule has 0 aliphatic heterocycles. The minimum Gasteiger partial charge on any atom is -0.359 e. The Labute approximate surface area is 92.2 Å². The first-order chi connectivity index (χ1) is 7.31. The Bertz CT molecular complexity index is 371. The van der Waals surface area contributed by atoms with Crippen molar-refractivity contribution in [1.82, 2.24) is 0 Å². The third-order valence-electron chi connectivity index (χ3n) is 2.89. The zero-order valence-electron chi connectivity index (χ0n) is 9.64. The molecule has 0 spiro atoms. The van der Waals surface area contributed by atoms with Crippen LogP contribution >= 0.6 is 0 Å². The Morgan fingerprint density at radius 3 is 2.67 bits per heavy atom. The molecule has 1 aliphatic rings. The summed E-state index contributed by atoms with van der Waals surface area (Å²) >= 11 is 0. The van der Waals surface area contributed by atoms with Crippen molar-refractivity contribution in [3.05, 3.63) is 41.1 Å². The van der Waals surface area contributed by atoms with Crippen LogP contribution in [0.5, 0.6) is 0 Å². The summed E-state index contributed by atoms with van der Waals surface area (Å²) in [6.45, 7) is 4.41. The molecule has 0 heterocycles. The van der Waals surface area contributed by atoms with Gasteiger partial charge in [0.15, 0.2) is 0 Å². The van der Waals surface area contributed by atoms with E-state index in [0.29, 0.717) is 0 Å². The van der Waals surface area contributed by atoms with E-state index < -0.39 is 0 Å². The second-order valence-corrected chi connectivity index (χ2v) is 4.26. The van der Waals surface area contributed by atoms with Crippen molar-refractivity contribution in [2.45, 2.75) is 39.5 Å². The van der Waals surface area contributed by atoms with Gasteiger partial charge >= 0.3 is 0 Å². The molecule has 0 amide bonds. The van der Waals surface area contributed by atoms with Crippen LogP contribution in [0, 0.1) is 0 Å². The van der Waals surface area contributed by atoms with Crippen LogP contribution in [0.15, 0.2) is 35.5 Å². The highest BCUT2D eigenvalue weighted by Gasteiger charge is 2.15. The Morgan fingerprint density at radius 2 is 2.00 bits per heavy atom. The van der Waals surface area contributed by atoms with Crippen molar-refractivity contribution in [3.8, 4) is 0 Å². The lowest BCUT2D eigenvalue weighted by Crippen LogP contribution is -1.99. The number of hydrogen-bond acceptors (Lipinski definition) is 1. The van der Waals surface area contributed by atoms with Gasteiger partial charge < -0.3 is 5.32 Å². The molecule has 1 aromatic carbocycles. The quantitative estimate of drug-likeness (QED) is 0.772. The van der Waals surface area contributed by atoms with Crippen LogP contribution in [0.2, 0.25) is 0 Å². The van der Waals surface area contributed by atoms with Gasteiger partial charge in [-0.15, -0.1) is 0 Å². The van der Waals surface area contributed by atoms with Crippen molar-refractivity contribution < 1.29 is 0 Å². The molecule has 0 saturated heterocycles. The van der Waals surface area contributed by atoms with Gasteiger partial charge in [0.05, 0.1) is 0 Å². The lowest BCUT2D eigenvalue weighted by Gasteiger charge is -2.11. The first kappa shape index (κ1) is 10.3. The van der Waals surface area contributed by atoms with Crippen LogP contribution in [0.3, 0.4) is 0 Å². The number of hydrogen-bond donors (Lipinski definition) is 1. The molecular weight excluding hydrogens is 182 g/mol. The van der Waals surface area contributed by atoms with Gasteiger partial charge in [-0.25, -0.2) is 0 Å². The van der Waals surface area contributed by atoms with E-state index in [1.165, 1.54) is 36.2 Å². The van der Waals surface area contributed by atoms with Crippen molar-refractivity contribution in [2.75, 3.05) is 5.32 Å². The molecule has 2 rings (SSSR count). The summed E-state index contributed by atoms with van der Waals surface area (Å²) in [7, 11) is 0. The van der Waals surface area contributed by atoms with E-state index >= 15 is 0 Å². The van der Waals surface area contributed by atoms with Gasteiger partial charge in [0, 0.05) is 11.4 Å². The third kappa shape index (κ3) is 2.62. The summed E-state index contributed by atoms with van der Waals surface area (Å²) in [5.41, 5.74) is 5.66. The minimum atomic E-state index is 1.16. The molecule has 1 nitrogen and oxygen atoms in total. The maximum atomic E-state index is 3.54. The van der Waals surface area contributed by atoms with E-state index in [1.807, 2.05) is 0 Å². The second-order valence-electron chi connectivity index (χ2n) is 4.26. The zero-order valence-corrected chi connectivity index (χ0v) is 9.64. The molecule has 1 fully saturated rings. The second kappa shape index (κ2) is 4.52. The fourth-order valence-electron chi connectivity index (χ4n) is 1.86. The summed E-state index contributed by atoms with van der Waals surface area (Å²) in [5.74, 6) is 0. The number of para-hydroxylation sites is 1. The van der Waals surface area contributed by atoms with E-state index in [-0.39, 0.29) is 0 Å². The normalized spacial score (nSPS) is 13.9. The summed E-state index contributed by atoms with van der Waals surface area (Å²) in [6.07, 6.45) is 4.93. The molecule has 0 radical (unpaired) electrons. The summed E-state index contributed by atoms with van der Waals surface area (Å²) in [5, 5.41) is 3.54. The van der Waals surface area contributed by atoms with Crippen LogP contribution in [-0.2, 0) is 6.42 Å². The molecule has 1 heteroatoms. The largest absolute Gasteiger partial charge is 0.359 e. The minimum absolute atomic E-state index is 1.16. The lowest BCUT2D eigenvalue weighted by molar-refractivity contribution is 0.922. The highest BCUT2D eigenvalue weighted by molar-refractivity contribution is 5.56. The first-order valence-electron chi connectivity index (χ1n) is 5.85. The van der Waals surface area contributed by atoms with Gasteiger partial charge in [0.25, 0.3) is 0 Å². The molecule has 0 bridgehead atoms. The number of aryl methyl sites for hydroxylation is 1. The monoisotopic (exact) mass is 201 g/mol. The Balaban J connectivity index is 2.15. The fraction of sp³-hybridized carbons (Fsp3) is 0.429. The summed E-state index contributed by atoms with van der Waals surface area (Å²) in [4.78, 5) is 0. The Morgan fingerprint density at radius 1 is 1.27 bits per heavy atom. The van der Waals surface area contributed by atoms with Gasteiger partial charge in [-0.05, 0) is 37.8 Å². The van der Waals surface area contributed by atoms with Crippen molar-refractivity contribution >= 4 is 5.69 Å². The maximum Gasteiger partial charge on any atom is 0.0414 e. The predicted octanol–water partition coefficient (Wildman–Crippen LogP) is 4.12. The van der Waals surface area contributed by atoms with Crippen molar-refractivity contribution in [3.63, 3.8) is 0 Å². The van der Waals surface area contributed by atoms with Crippen LogP contribution in [0.25, 0.3) is 0 Å². The average Bonchev–Trinajstić information content (AvgIpc) is 3.04. The van der Waals surface area contributed by atoms with Crippen LogP contribution < -0.4 is 5.32 Å². The summed E-state index contributed by atoms with van der Waals surface area (Å²) in [6, 6.07) is 8.62. The SMILES string of the molecule is CCCc1ccccc1NC(C)=C1CC1. The van der Waals surface area contributed by atoms with E-state index in [1.54, 1.807) is 5.57 Å². The van der Waals surface area contributed by atoms with Gasteiger partial charge in [-0.3, -0.25) is 0 Å². The third-order valence-corrected chi connectivity index (χ3v) is 2.89. The molecule has 1 aromatic rings. The van der Waals surface area contributed by atoms with Crippen molar-refractivity contribution in [1.29, 1.82) is 0 Å². The molecule has 1 N–H and O–H groups in total. The van der Waals surface area contributed by atoms with E-state index in [9.17, 15) is 0 Å². The lowest BCUT2D eigenvalue weighted by atomic mass is 10.1. The first-order valence-corrected chi connectivity index (χ1v) is 5.85. The standard InChI is InChI=1S/C14H19N/c1-3-6-13-7-4-5-8-14(13)15-11(2)12-9-10-12/h4-5,7-8,15H,3,6,9-10H2,1-2H3. The Hall–Kier alpha value is -1.24. The molecule has 80 valence electrons. The molecule has 0 aromatic heterocycles. The number of benzene rings is 1. The van der Waals surface area contributed by atoms with Gasteiger partial charge in [-0.2, -0.15) is 0 Å². The van der Waals surface area contributed by atoms with Gasteiger partial charge in [0.2, 0.25) is 0 Å². The van der Waals surface area contributed by atoms with Crippen LogP contribution in [0.4, 0.5) is 5.69 Å². The molecule has 0 unspecified atom stereocenters. The summed E-state index contributed by atoms with van der Waals surface area (Å²) < 4.78 is 0. The topological polar surface area (TPSA) is 12.0 Å². The fourth-order valence-corrected chi connectivity index (χ4v) is 1.86. The smallest absolute Gasteiger partial charge is 0.0414 e. The molecule has 1 saturated carbocycles. The number of anilines is 1. The molecule has 15 heavy (non-hydrogen) atoms. The predicted molar refractivity (Wildman–Crippen MR) is 66.0 cm³/mol. The Kier molecular flexibility index (Phi) is 3.10. The van der Waals surface area contributed by atoms with Crippen LogP contribution in [-0.4, -0.2) is 0 Å². The number of rotatable bonds is 4. The zero-order chi connectivity index (χ0) is 10.7. The van der Waals surface area contributed by atoms with Gasteiger partial charge in [0.1, 0.15) is 0 Å². The highest BCUT2D eigenvalue weighted by Crippen LogP contribution is 2.32. The highest BCUT2D eigenvalue weighted by atomic mass is 14.9.